The second kappa shape index (κ2) is 6.84. The predicted molar refractivity (Wildman–Crippen MR) is 64.3 cm³/mol. The van der Waals surface area contributed by atoms with Gasteiger partial charge in [0.2, 0.25) is 0 Å². The van der Waals surface area contributed by atoms with Crippen molar-refractivity contribution in [2.75, 3.05) is 20.3 Å². The number of hydrogen-bond acceptors (Lipinski definition) is 2. The van der Waals surface area contributed by atoms with Gasteiger partial charge in [-0.1, -0.05) is 24.6 Å². The summed E-state index contributed by atoms with van der Waals surface area (Å²) in [5.74, 6) is -0.310. The van der Waals surface area contributed by atoms with Gasteiger partial charge < -0.3 is 10.1 Å². The zero-order valence-electron chi connectivity index (χ0n) is 9.59. The molecule has 1 atom stereocenters. The zero-order valence-corrected chi connectivity index (χ0v) is 10.4. The minimum Gasteiger partial charge on any atom is -0.385 e. The van der Waals surface area contributed by atoms with Crippen LogP contribution in [0.5, 0.6) is 0 Å². The number of hydrogen-bond donors (Lipinski definition) is 1. The molecule has 0 radical (unpaired) electrons. The Labute approximate surface area is 101 Å². The first-order chi connectivity index (χ1) is 7.69. The van der Waals surface area contributed by atoms with E-state index in [-0.39, 0.29) is 11.9 Å². The van der Waals surface area contributed by atoms with Crippen molar-refractivity contribution in [3.63, 3.8) is 0 Å². The van der Waals surface area contributed by atoms with E-state index in [0.29, 0.717) is 11.6 Å². The van der Waals surface area contributed by atoms with Gasteiger partial charge in [-0.25, -0.2) is 4.39 Å². The normalized spacial score (nSPS) is 12.8. The highest BCUT2D eigenvalue weighted by molar-refractivity contribution is 6.31. The monoisotopic (exact) mass is 245 g/mol. The smallest absolute Gasteiger partial charge is 0.124 e. The standard InChI is InChI=1S/C12H17ClFNO/c1-3-15-12(6-7-16-2)10-5-4-9(14)8-11(10)13/h4-5,8,12,15H,3,6-7H2,1-2H3. The molecule has 0 aliphatic carbocycles. The Morgan fingerprint density at radius 2 is 2.25 bits per heavy atom. The molecule has 0 aliphatic rings. The van der Waals surface area contributed by atoms with E-state index in [0.717, 1.165) is 18.5 Å². The molecule has 90 valence electrons. The molecule has 2 nitrogen and oxygen atoms in total. The Morgan fingerprint density at radius 3 is 2.81 bits per heavy atom. The average molecular weight is 246 g/mol. The van der Waals surface area contributed by atoms with Gasteiger partial charge in [0.25, 0.3) is 0 Å². The number of benzene rings is 1. The maximum absolute atomic E-state index is 12.9. The maximum Gasteiger partial charge on any atom is 0.124 e. The van der Waals surface area contributed by atoms with Crippen LogP contribution in [-0.2, 0) is 4.74 Å². The van der Waals surface area contributed by atoms with Crippen molar-refractivity contribution in [3.05, 3.63) is 34.6 Å². The summed E-state index contributed by atoms with van der Waals surface area (Å²) in [6.07, 6.45) is 0.815. The Morgan fingerprint density at radius 1 is 1.50 bits per heavy atom. The van der Waals surface area contributed by atoms with Gasteiger partial charge in [-0.05, 0) is 30.7 Å². The summed E-state index contributed by atoms with van der Waals surface area (Å²) in [7, 11) is 1.66. The SMILES string of the molecule is CCNC(CCOC)c1ccc(F)cc1Cl. The lowest BCUT2D eigenvalue weighted by Crippen LogP contribution is -2.22. The molecule has 0 amide bonds. The Balaban J connectivity index is 2.82. The van der Waals surface area contributed by atoms with Gasteiger partial charge in [-0.15, -0.1) is 0 Å². The summed E-state index contributed by atoms with van der Waals surface area (Å²) in [5.41, 5.74) is 0.918. The third-order valence-corrected chi connectivity index (χ3v) is 2.73. The van der Waals surface area contributed by atoms with Crippen molar-refractivity contribution in [2.45, 2.75) is 19.4 Å². The van der Waals surface area contributed by atoms with E-state index in [2.05, 4.69) is 5.32 Å². The summed E-state index contributed by atoms with van der Waals surface area (Å²) in [5, 5.41) is 3.77. The van der Waals surface area contributed by atoms with Crippen LogP contribution in [-0.4, -0.2) is 20.3 Å². The van der Waals surface area contributed by atoms with Crippen LogP contribution in [0.15, 0.2) is 18.2 Å². The van der Waals surface area contributed by atoms with Crippen molar-refractivity contribution in [3.8, 4) is 0 Å². The molecule has 1 N–H and O–H groups in total. The van der Waals surface area contributed by atoms with E-state index >= 15 is 0 Å². The van der Waals surface area contributed by atoms with Crippen molar-refractivity contribution in [1.29, 1.82) is 0 Å². The molecule has 0 saturated carbocycles. The second-order valence-corrected chi connectivity index (χ2v) is 3.96. The summed E-state index contributed by atoms with van der Waals surface area (Å²) < 4.78 is 18.0. The molecule has 0 heterocycles. The number of halogens is 2. The van der Waals surface area contributed by atoms with E-state index in [9.17, 15) is 4.39 Å². The van der Waals surface area contributed by atoms with Crippen LogP contribution in [0.4, 0.5) is 4.39 Å². The predicted octanol–water partition coefficient (Wildman–Crippen LogP) is 3.17. The fraction of sp³-hybridized carbons (Fsp3) is 0.500. The van der Waals surface area contributed by atoms with Crippen LogP contribution < -0.4 is 5.32 Å². The molecule has 0 aliphatic heterocycles. The zero-order chi connectivity index (χ0) is 12.0. The van der Waals surface area contributed by atoms with Gasteiger partial charge in [0, 0.05) is 24.8 Å². The van der Waals surface area contributed by atoms with Gasteiger partial charge in [0.05, 0.1) is 0 Å². The van der Waals surface area contributed by atoms with Gasteiger partial charge in [-0.3, -0.25) is 0 Å². The van der Waals surface area contributed by atoms with Gasteiger partial charge >= 0.3 is 0 Å². The molecular weight excluding hydrogens is 229 g/mol. The van der Waals surface area contributed by atoms with Gasteiger partial charge in [0.15, 0.2) is 0 Å². The van der Waals surface area contributed by atoms with E-state index < -0.39 is 0 Å². The first kappa shape index (κ1) is 13.4. The fourth-order valence-electron chi connectivity index (χ4n) is 1.63. The van der Waals surface area contributed by atoms with E-state index in [4.69, 9.17) is 16.3 Å². The van der Waals surface area contributed by atoms with Gasteiger partial charge in [0.1, 0.15) is 5.82 Å². The third-order valence-electron chi connectivity index (χ3n) is 2.40. The topological polar surface area (TPSA) is 21.3 Å². The second-order valence-electron chi connectivity index (χ2n) is 3.56. The molecule has 0 spiro atoms. The summed E-state index contributed by atoms with van der Waals surface area (Å²) in [6, 6.07) is 4.60. The fourth-order valence-corrected chi connectivity index (χ4v) is 1.93. The van der Waals surface area contributed by atoms with Crippen LogP contribution in [0.25, 0.3) is 0 Å². The highest BCUT2D eigenvalue weighted by Crippen LogP contribution is 2.26. The summed E-state index contributed by atoms with van der Waals surface area (Å²) in [6.45, 7) is 3.50. The molecule has 1 aromatic rings. The lowest BCUT2D eigenvalue weighted by molar-refractivity contribution is 0.183. The Hall–Kier alpha value is -0.640. The average Bonchev–Trinajstić information content (AvgIpc) is 2.25. The quantitative estimate of drug-likeness (QED) is 0.831. The Kier molecular flexibility index (Phi) is 5.74. The number of nitrogens with one attached hydrogen (secondary N) is 1. The first-order valence-electron chi connectivity index (χ1n) is 5.36. The largest absolute Gasteiger partial charge is 0.385 e. The summed E-state index contributed by atoms with van der Waals surface area (Å²) in [4.78, 5) is 0. The molecule has 0 aromatic heterocycles. The van der Waals surface area contributed by atoms with Crippen LogP contribution >= 0.6 is 11.6 Å². The molecule has 1 aromatic carbocycles. The van der Waals surface area contributed by atoms with E-state index in [1.807, 2.05) is 6.92 Å². The van der Waals surface area contributed by atoms with Crippen molar-refractivity contribution in [2.24, 2.45) is 0 Å². The lowest BCUT2D eigenvalue weighted by atomic mass is 10.0. The van der Waals surface area contributed by atoms with Gasteiger partial charge in [-0.2, -0.15) is 0 Å². The van der Waals surface area contributed by atoms with Crippen molar-refractivity contribution < 1.29 is 9.13 Å². The van der Waals surface area contributed by atoms with Crippen molar-refractivity contribution >= 4 is 11.6 Å². The lowest BCUT2D eigenvalue weighted by Gasteiger charge is -2.19. The molecule has 0 fully saturated rings. The van der Waals surface area contributed by atoms with E-state index in [1.54, 1.807) is 13.2 Å². The summed E-state index contributed by atoms with van der Waals surface area (Å²) >= 11 is 6.02. The maximum atomic E-state index is 12.9. The number of rotatable bonds is 6. The molecule has 0 saturated heterocycles. The molecular formula is C12H17ClFNO. The third kappa shape index (κ3) is 3.74. The molecule has 16 heavy (non-hydrogen) atoms. The molecule has 4 heteroatoms. The van der Waals surface area contributed by atoms with Crippen LogP contribution in [0.3, 0.4) is 0 Å². The highest BCUT2D eigenvalue weighted by atomic mass is 35.5. The van der Waals surface area contributed by atoms with Crippen LogP contribution in [0, 0.1) is 5.82 Å². The highest BCUT2D eigenvalue weighted by Gasteiger charge is 2.13. The molecule has 1 unspecified atom stereocenters. The Bertz CT molecular complexity index is 333. The van der Waals surface area contributed by atoms with Crippen LogP contribution in [0.1, 0.15) is 24.9 Å². The first-order valence-corrected chi connectivity index (χ1v) is 5.74. The number of ether oxygens (including phenoxy) is 1. The minimum absolute atomic E-state index is 0.109. The van der Waals surface area contributed by atoms with Crippen molar-refractivity contribution in [1.82, 2.24) is 5.32 Å². The van der Waals surface area contributed by atoms with Crippen LogP contribution in [0.2, 0.25) is 5.02 Å². The number of methoxy groups -OCH3 is 1. The minimum atomic E-state index is -0.310. The molecule has 1 rings (SSSR count). The van der Waals surface area contributed by atoms with E-state index in [1.165, 1.54) is 12.1 Å². The molecule has 0 bridgehead atoms.